The molecule has 0 aromatic rings. The maximum Gasteiger partial charge on any atom is 0.368 e. The zero-order valence-electron chi connectivity index (χ0n) is 18.8. The second kappa shape index (κ2) is 11.8. The van der Waals surface area contributed by atoms with E-state index in [0.29, 0.717) is 25.7 Å². The molecule has 176 valence electrons. The first-order chi connectivity index (χ1) is 14.7. The Kier molecular flexibility index (Phi) is 9.68. The van der Waals surface area contributed by atoms with Crippen molar-refractivity contribution in [2.24, 2.45) is 23.7 Å². The van der Waals surface area contributed by atoms with Gasteiger partial charge in [-0.05, 0) is 43.1 Å². The first kappa shape index (κ1) is 25.5. The molecule has 8 heteroatoms. The number of aliphatic hydroxyl groups is 3. The summed E-state index contributed by atoms with van der Waals surface area (Å²) in [7, 11) is 0. The fourth-order valence-electron chi connectivity index (χ4n) is 4.57. The highest BCUT2D eigenvalue weighted by Gasteiger charge is 2.42. The van der Waals surface area contributed by atoms with E-state index in [2.05, 4.69) is 23.7 Å². The van der Waals surface area contributed by atoms with Gasteiger partial charge in [-0.3, -0.25) is 9.63 Å². The molecule has 0 fully saturated rings. The summed E-state index contributed by atoms with van der Waals surface area (Å²) in [5.41, 5.74) is 0.969. The third-order valence-electron chi connectivity index (χ3n) is 6.60. The Balaban J connectivity index is 2.06. The Morgan fingerprint density at radius 1 is 1.29 bits per heavy atom. The van der Waals surface area contributed by atoms with Crippen LogP contribution >= 0.6 is 0 Å². The fraction of sp³-hybridized carbons (Fsp3) is 0.739. The summed E-state index contributed by atoms with van der Waals surface area (Å²) >= 11 is 0. The van der Waals surface area contributed by atoms with Crippen LogP contribution in [0.2, 0.25) is 0 Å². The van der Waals surface area contributed by atoms with Gasteiger partial charge in [-0.25, -0.2) is 4.79 Å². The van der Waals surface area contributed by atoms with Crippen LogP contribution < -0.4 is 5.90 Å². The summed E-state index contributed by atoms with van der Waals surface area (Å²) < 4.78 is 5.86. The summed E-state index contributed by atoms with van der Waals surface area (Å²) in [6, 6.07) is 0. The lowest BCUT2D eigenvalue weighted by Crippen LogP contribution is -2.51. The zero-order valence-corrected chi connectivity index (χ0v) is 18.8. The molecule has 0 amide bonds. The lowest BCUT2D eigenvalue weighted by molar-refractivity contribution is -0.657. The Bertz CT molecular complexity index is 677. The van der Waals surface area contributed by atoms with E-state index in [1.807, 2.05) is 26.0 Å². The number of esters is 1. The molecule has 6 N–H and O–H groups in total. The first-order valence-electron chi connectivity index (χ1n) is 11.3. The van der Waals surface area contributed by atoms with Gasteiger partial charge in [-0.2, -0.15) is 5.90 Å². The van der Waals surface area contributed by atoms with Crippen LogP contribution in [0, 0.1) is 23.7 Å². The van der Waals surface area contributed by atoms with Crippen molar-refractivity contribution in [3.05, 3.63) is 23.8 Å². The Morgan fingerprint density at radius 3 is 2.65 bits per heavy atom. The van der Waals surface area contributed by atoms with Crippen LogP contribution in [0.15, 0.2) is 23.8 Å². The summed E-state index contributed by atoms with van der Waals surface area (Å²) in [4.78, 5) is 28.0. The first-order valence-corrected chi connectivity index (χ1v) is 11.3. The van der Waals surface area contributed by atoms with Crippen molar-refractivity contribution in [3.8, 4) is 0 Å². The quantitative estimate of drug-likeness (QED) is 0.294. The predicted octanol–water partition coefficient (Wildman–Crippen LogP) is 1.06. The third-order valence-corrected chi connectivity index (χ3v) is 6.60. The molecular formula is C23H38NO7+. The molecule has 2 rings (SSSR count). The zero-order chi connectivity index (χ0) is 23.1. The second-order valence-corrected chi connectivity index (χ2v) is 9.00. The van der Waals surface area contributed by atoms with E-state index in [4.69, 9.17) is 4.74 Å². The van der Waals surface area contributed by atoms with Gasteiger partial charge >= 0.3 is 11.9 Å². The number of quaternary nitrogens is 1. The standard InChI is InChI=1S/C23H38NO7/c1-4-13(2)23(29)30-20-11-17(26)9-15-6-5-14(3)19(22(15)20)8-7-16(25)10-18(27)12-21(28)31-24/h5-6,9,13-14,16-20,22,25-27H,4,7-8,10-12H2,1-3,24H3/q+1/t13-,14-,16+,17+,18+,19-,20-,22-/m0/s1. The van der Waals surface area contributed by atoms with Gasteiger partial charge in [0.25, 0.3) is 0 Å². The van der Waals surface area contributed by atoms with Gasteiger partial charge in [0.1, 0.15) is 6.10 Å². The third kappa shape index (κ3) is 7.14. The molecule has 8 nitrogen and oxygen atoms in total. The number of aliphatic hydroxyl groups excluding tert-OH is 3. The summed E-state index contributed by atoms with van der Waals surface area (Å²) in [5.74, 6) is 2.24. The van der Waals surface area contributed by atoms with E-state index in [9.17, 15) is 24.9 Å². The summed E-state index contributed by atoms with van der Waals surface area (Å²) in [6.07, 6.45) is 5.12. The highest BCUT2D eigenvalue weighted by molar-refractivity contribution is 5.72. The SMILES string of the molecule is CC[C@H](C)C(=O)O[C@H]1C[C@H](O)C=C2C=C[C@H](C)[C@H](CC[C@@H](O)C[C@@H](O)CC(=O)O[NH3+])[C@H]21. The Hall–Kier alpha value is -1.74. The van der Waals surface area contributed by atoms with Crippen molar-refractivity contribution < 1.29 is 40.4 Å². The number of allylic oxidation sites excluding steroid dienone is 2. The number of fused-ring (bicyclic) bond motifs is 1. The van der Waals surface area contributed by atoms with Crippen LogP contribution in [-0.4, -0.2) is 51.7 Å². The van der Waals surface area contributed by atoms with Crippen molar-refractivity contribution in [2.75, 3.05) is 0 Å². The van der Waals surface area contributed by atoms with Crippen LogP contribution in [0.3, 0.4) is 0 Å². The lowest BCUT2D eigenvalue weighted by atomic mass is 9.66. The van der Waals surface area contributed by atoms with Gasteiger partial charge in [0.15, 0.2) is 0 Å². The molecule has 0 aliphatic heterocycles. The van der Waals surface area contributed by atoms with Gasteiger partial charge in [-0.1, -0.05) is 39.0 Å². The largest absolute Gasteiger partial charge is 0.461 e. The molecular weight excluding hydrogens is 402 g/mol. The van der Waals surface area contributed by atoms with Gasteiger partial charge in [0, 0.05) is 12.3 Å². The smallest absolute Gasteiger partial charge is 0.368 e. The molecule has 0 radical (unpaired) electrons. The molecule has 0 saturated heterocycles. The van der Waals surface area contributed by atoms with E-state index in [1.54, 1.807) is 0 Å². The van der Waals surface area contributed by atoms with E-state index in [0.717, 1.165) is 5.57 Å². The highest BCUT2D eigenvalue weighted by atomic mass is 16.7. The summed E-state index contributed by atoms with van der Waals surface area (Å²) in [6.45, 7) is 5.88. The van der Waals surface area contributed by atoms with Crippen molar-refractivity contribution in [3.63, 3.8) is 0 Å². The van der Waals surface area contributed by atoms with Gasteiger partial charge in [-0.15, -0.1) is 0 Å². The molecule has 31 heavy (non-hydrogen) atoms. The van der Waals surface area contributed by atoms with Crippen LogP contribution in [0.25, 0.3) is 0 Å². The van der Waals surface area contributed by atoms with E-state index in [-0.39, 0.29) is 42.5 Å². The van der Waals surface area contributed by atoms with Crippen molar-refractivity contribution in [2.45, 2.75) is 83.7 Å². The van der Waals surface area contributed by atoms with E-state index < -0.39 is 30.4 Å². The monoisotopic (exact) mass is 440 g/mol. The maximum absolute atomic E-state index is 12.5. The van der Waals surface area contributed by atoms with Crippen LogP contribution in [0.4, 0.5) is 0 Å². The number of hydrogen-bond acceptors (Lipinski definition) is 7. The fourth-order valence-corrected chi connectivity index (χ4v) is 4.57. The molecule has 2 aliphatic rings. The number of carbonyl (C=O) groups is 2. The van der Waals surface area contributed by atoms with Gasteiger partial charge in [0.2, 0.25) is 0 Å². The number of hydrogen-bond donors (Lipinski definition) is 4. The number of rotatable bonds is 10. The molecule has 0 spiro atoms. The van der Waals surface area contributed by atoms with Crippen molar-refractivity contribution >= 4 is 11.9 Å². The Labute approximate surface area is 184 Å². The molecule has 8 atom stereocenters. The van der Waals surface area contributed by atoms with Crippen molar-refractivity contribution in [1.82, 2.24) is 0 Å². The number of carbonyl (C=O) groups excluding carboxylic acids is 2. The molecule has 0 saturated carbocycles. The minimum atomic E-state index is -0.988. The molecule has 0 bridgehead atoms. The maximum atomic E-state index is 12.5. The second-order valence-electron chi connectivity index (χ2n) is 9.00. The molecule has 2 aliphatic carbocycles. The summed E-state index contributed by atoms with van der Waals surface area (Å²) in [5, 5.41) is 30.6. The average Bonchev–Trinajstić information content (AvgIpc) is 2.72. The van der Waals surface area contributed by atoms with Crippen LogP contribution in [-0.2, 0) is 19.2 Å². The van der Waals surface area contributed by atoms with Gasteiger partial charge in [0.05, 0.1) is 30.7 Å². The van der Waals surface area contributed by atoms with E-state index >= 15 is 0 Å². The molecule has 0 aromatic heterocycles. The van der Waals surface area contributed by atoms with Crippen LogP contribution in [0.5, 0.6) is 0 Å². The normalized spacial score (nSPS) is 30.5. The Morgan fingerprint density at radius 2 is 2.00 bits per heavy atom. The molecule has 0 aromatic carbocycles. The number of ether oxygens (including phenoxy) is 1. The minimum absolute atomic E-state index is 0.0466. The van der Waals surface area contributed by atoms with E-state index in [1.165, 1.54) is 0 Å². The molecule has 0 unspecified atom stereocenters. The topological polar surface area (TPSA) is 141 Å². The lowest BCUT2D eigenvalue weighted by Gasteiger charge is -2.43. The molecule has 0 heterocycles. The predicted molar refractivity (Wildman–Crippen MR) is 113 cm³/mol. The van der Waals surface area contributed by atoms with Crippen LogP contribution in [0.1, 0.15) is 59.3 Å². The highest BCUT2D eigenvalue weighted by Crippen LogP contribution is 2.44. The minimum Gasteiger partial charge on any atom is -0.461 e. The van der Waals surface area contributed by atoms with Gasteiger partial charge < -0.3 is 20.1 Å². The van der Waals surface area contributed by atoms with Crippen molar-refractivity contribution in [1.29, 1.82) is 0 Å². The average molecular weight is 441 g/mol.